The molecule has 2 rings (SSSR count). The van der Waals surface area contributed by atoms with Crippen molar-refractivity contribution in [3.05, 3.63) is 48.0 Å². The highest BCUT2D eigenvalue weighted by atomic mass is 32.2. The maximum absolute atomic E-state index is 12.2. The van der Waals surface area contributed by atoms with Crippen LogP contribution in [0.25, 0.3) is 0 Å². The third-order valence-corrected chi connectivity index (χ3v) is 4.41. The van der Waals surface area contributed by atoms with Crippen LogP contribution in [0.1, 0.15) is 5.56 Å². The molecule has 0 saturated heterocycles. The monoisotopic (exact) mass is 305 g/mol. The lowest BCUT2D eigenvalue weighted by molar-refractivity contribution is 0.341. The standard InChI is InChI=1S/C16H19NO3S/c1-12-3-8-16(15(17)11-12)21(18)10-9-20-14-6-4-13(19-2)5-7-14/h3-8,11H,9-10,17H2,1-2H3. The molecule has 21 heavy (non-hydrogen) atoms. The third-order valence-electron chi connectivity index (χ3n) is 3.01. The number of anilines is 1. The van der Waals surface area contributed by atoms with Crippen molar-refractivity contribution in [3.63, 3.8) is 0 Å². The van der Waals surface area contributed by atoms with E-state index in [1.165, 1.54) is 0 Å². The molecular formula is C16H19NO3S. The van der Waals surface area contributed by atoms with Gasteiger partial charge in [0.2, 0.25) is 0 Å². The summed E-state index contributed by atoms with van der Waals surface area (Å²) in [7, 11) is 0.458. The summed E-state index contributed by atoms with van der Waals surface area (Å²) in [5, 5.41) is 0. The predicted octanol–water partition coefficient (Wildman–Crippen LogP) is 2.77. The van der Waals surface area contributed by atoms with Crippen LogP contribution in [-0.2, 0) is 10.8 Å². The molecule has 0 heterocycles. The van der Waals surface area contributed by atoms with Gasteiger partial charge in [-0.2, -0.15) is 0 Å². The Hall–Kier alpha value is -2.01. The van der Waals surface area contributed by atoms with Crippen molar-refractivity contribution in [2.24, 2.45) is 0 Å². The number of nitrogen functional groups attached to an aromatic ring is 1. The van der Waals surface area contributed by atoms with Crippen LogP contribution >= 0.6 is 0 Å². The lowest BCUT2D eigenvalue weighted by Crippen LogP contribution is -2.10. The minimum atomic E-state index is -1.16. The smallest absolute Gasteiger partial charge is 0.119 e. The lowest BCUT2D eigenvalue weighted by Gasteiger charge is -2.09. The molecule has 2 aromatic carbocycles. The van der Waals surface area contributed by atoms with E-state index in [4.69, 9.17) is 15.2 Å². The van der Waals surface area contributed by atoms with Crippen molar-refractivity contribution >= 4 is 16.5 Å². The van der Waals surface area contributed by atoms with Gasteiger partial charge in [0.15, 0.2) is 0 Å². The maximum atomic E-state index is 12.2. The Kier molecular flexibility index (Phi) is 5.22. The fourth-order valence-electron chi connectivity index (χ4n) is 1.89. The van der Waals surface area contributed by atoms with E-state index in [0.717, 1.165) is 17.1 Å². The highest BCUT2D eigenvalue weighted by Crippen LogP contribution is 2.19. The highest BCUT2D eigenvalue weighted by molar-refractivity contribution is 7.85. The van der Waals surface area contributed by atoms with Gasteiger partial charge >= 0.3 is 0 Å². The Morgan fingerprint density at radius 2 is 1.76 bits per heavy atom. The molecule has 0 bridgehead atoms. The summed E-state index contributed by atoms with van der Waals surface area (Å²) in [6, 6.07) is 12.8. The zero-order chi connectivity index (χ0) is 15.2. The average Bonchev–Trinajstić information content (AvgIpc) is 2.47. The molecule has 112 valence electrons. The van der Waals surface area contributed by atoms with Gasteiger partial charge in [-0.25, -0.2) is 0 Å². The molecule has 2 N–H and O–H groups in total. The zero-order valence-corrected chi connectivity index (χ0v) is 13.0. The molecule has 0 aromatic heterocycles. The van der Waals surface area contributed by atoms with E-state index < -0.39 is 10.8 Å². The summed E-state index contributed by atoms with van der Waals surface area (Å²) in [5.74, 6) is 1.90. The number of rotatable bonds is 6. The van der Waals surface area contributed by atoms with Gasteiger partial charge in [0.05, 0.1) is 28.6 Å². The maximum Gasteiger partial charge on any atom is 0.119 e. The Labute approximate surface area is 127 Å². The molecule has 0 aliphatic rings. The second-order valence-electron chi connectivity index (χ2n) is 4.61. The fraction of sp³-hybridized carbons (Fsp3) is 0.250. The van der Waals surface area contributed by atoms with Crippen molar-refractivity contribution in [3.8, 4) is 11.5 Å². The van der Waals surface area contributed by atoms with Crippen LogP contribution in [0, 0.1) is 6.92 Å². The van der Waals surface area contributed by atoms with E-state index >= 15 is 0 Å². The second-order valence-corrected chi connectivity index (χ2v) is 6.15. The number of aryl methyl sites for hydroxylation is 1. The van der Waals surface area contributed by atoms with Gasteiger partial charge in [-0.15, -0.1) is 0 Å². The van der Waals surface area contributed by atoms with Gasteiger partial charge in [-0.3, -0.25) is 4.21 Å². The first-order valence-corrected chi connectivity index (χ1v) is 7.93. The van der Waals surface area contributed by atoms with Crippen LogP contribution in [0.5, 0.6) is 11.5 Å². The van der Waals surface area contributed by atoms with Gasteiger partial charge in [0, 0.05) is 5.69 Å². The predicted molar refractivity (Wildman–Crippen MR) is 85.4 cm³/mol. The highest BCUT2D eigenvalue weighted by Gasteiger charge is 2.08. The van der Waals surface area contributed by atoms with Crippen LogP contribution in [0.2, 0.25) is 0 Å². The summed E-state index contributed by atoms with van der Waals surface area (Å²) in [6.45, 7) is 2.32. The molecule has 0 fully saturated rings. The first kappa shape index (κ1) is 15.4. The van der Waals surface area contributed by atoms with Crippen molar-refractivity contribution in [2.75, 3.05) is 25.2 Å². The number of ether oxygens (including phenoxy) is 2. The molecule has 2 aromatic rings. The van der Waals surface area contributed by atoms with Crippen LogP contribution in [0.4, 0.5) is 5.69 Å². The zero-order valence-electron chi connectivity index (χ0n) is 12.2. The average molecular weight is 305 g/mol. The lowest BCUT2D eigenvalue weighted by atomic mass is 10.2. The first-order chi connectivity index (χ1) is 10.1. The molecule has 0 spiro atoms. The molecule has 4 nitrogen and oxygen atoms in total. The van der Waals surface area contributed by atoms with E-state index in [9.17, 15) is 4.21 Å². The number of nitrogens with two attached hydrogens (primary N) is 1. The summed E-state index contributed by atoms with van der Waals surface area (Å²) < 4.78 is 22.8. The molecule has 1 unspecified atom stereocenters. The Morgan fingerprint density at radius 3 is 2.38 bits per heavy atom. The topological polar surface area (TPSA) is 61.5 Å². The number of methoxy groups -OCH3 is 1. The second kappa shape index (κ2) is 7.13. The Morgan fingerprint density at radius 1 is 1.10 bits per heavy atom. The Bertz CT molecular complexity index is 626. The summed E-state index contributed by atoms with van der Waals surface area (Å²) in [4.78, 5) is 0.666. The minimum Gasteiger partial charge on any atom is -0.497 e. The van der Waals surface area contributed by atoms with Gasteiger partial charge in [-0.1, -0.05) is 6.07 Å². The fourth-order valence-corrected chi connectivity index (χ4v) is 2.89. The van der Waals surface area contributed by atoms with Crippen LogP contribution in [-0.4, -0.2) is 23.7 Å². The molecule has 0 saturated carbocycles. The van der Waals surface area contributed by atoms with E-state index in [2.05, 4.69) is 0 Å². The van der Waals surface area contributed by atoms with Crippen molar-refractivity contribution in [1.82, 2.24) is 0 Å². The largest absolute Gasteiger partial charge is 0.497 e. The number of hydrogen-bond donors (Lipinski definition) is 1. The molecule has 0 amide bonds. The van der Waals surface area contributed by atoms with E-state index in [1.54, 1.807) is 7.11 Å². The molecule has 1 atom stereocenters. The van der Waals surface area contributed by atoms with Gasteiger partial charge < -0.3 is 15.2 Å². The minimum absolute atomic E-state index is 0.367. The van der Waals surface area contributed by atoms with E-state index in [-0.39, 0.29) is 0 Å². The van der Waals surface area contributed by atoms with Gasteiger partial charge in [0.1, 0.15) is 18.1 Å². The summed E-state index contributed by atoms with van der Waals surface area (Å²) in [6.07, 6.45) is 0. The molecule has 0 aliphatic heterocycles. The Balaban J connectivity index is 1.88. The van der Waals surface area contributed by atoms with Crippen molar-refractivity contribution in [2.45, 2.75) is 11.8 Å². The summed E-state index contributed by atoms with van der Waals surface area (Å²) in [5.41, 5.74) is 7.51. The first-order valence-electron chi connectivity index (χ1n) is 6.61. The number of benzene rings is 2. The molecule has 0 aliphatic carbocycles. The van der Waals surface area contributed by atoms with Gasteiger partial charge in [0.25, 0.3) is 0 Å². The molecule has 0 radical (unpaired) electrons. The van der Waals surface area contributed by atoms with Crippen molar-refractivity contribution < 1.29 is 13.7 Å². The van der Waals surface area contributed by atoms with Crippen molar-refractivity contribution in [1.29, 1.82) is 0 Å². The van der Waals surface area contributed by atoms with E-state index in [0.29, 0.717) is 22.9 Å². The molecule has 5 heteroatoms. The van der Waals surface area contributed by atoms with Gasteiger partial charge in [-0.05, 0) is 48.9 Å². The quantitative estimate of drug-likeness (QED) is 0.834. The van der Waals surface area contributed by atoms with Crippen LogP contribution in [0.15, 0.2) is 47.4 Å². The summed E-state index contributed by atoms with van der Waals surface area (Å²) >= 11 is 0. The normalized spacial score (nSPS) is 11.9. The van der Waals surface area contributed by atoms with Crippen LogP contribution < -0.4 is 15.2 Å². The number of hydrogen-bond acceptors (Lipinski definition) is 4. The van der Waals surface area contributed by atoms with Crippen LogP contribution in [0.3, 0.4) is 0 Å². The molecular weight excluding hydrogens is 286 g/mol. The third kappa shape index (κ3) is 4.23. The van der Waals surface area contributed by atoms with E-state index in [1.807, 2.05) is 49.4 Å². The SMILES string of the molecule is COc1ccc(OCCS(=O)c2ccc(C)cc2N)cc1.